The summed E-state index contributed by atoms with van der Waals surface area (Å²) in [5.41, 5.74) is 4.38. The summed E-state index contributed by atoms with van der Waals surface area (Å²) in [6, 6.07) is 11.1. The molecule has 3 atom stereocenters. The van der Waals surface area contributed by atoms with Crippen LogP contribution in [0.1, 0.15) is 30.7 Å². The maximum atomic E-state index is 5.71. The quantitative estimate of drug-likeness (QED) is 0.454. The zero-order chi connectivity index (χ0) is 11.4. The third-order valence-corrected chi connectivity index (χ3v) is 3.71. The highest BCUT2D eigenvalue weighted by Crippen LogP contribution is 2.50. The van der Waals surface area contributed by atoms with Crippen LogP contribution in [0, 0.1) is 5.92 Å². The standard InChI is InChI=1S/C13H19ClN2/c14-8-4-7-13(16-15)12-9-11(12)10-5-2-1-3-6-10/h1-3,5-6,11-13,16H,4,7-9,15H2. The van der Waals surface area contributed by atoms with E-state index in [1.807, 2.05) is 0 Å². The summed E-state index contributed by atoms with van der Waals surface area (Å²) in [5, 5.41) is 0. The molecule has 0 radical (unpaired) electrons. The lowest BCUT2D eigenvalue weighted by Crippen LogP contribution is -2.37. The van der Waals surface area contributed by atoms with Crippen LogP contribution in [0.3, 0.4) is 0 Å². The van der Waals surface area contributed by atoms with Crippen LogP contribution in [-0.4, -0.2) is 11.9 Å². The summed E-state index contributed by atoms with van der Waals surface area (Å²) >= 11 is 5.71. The van der Waals surface area contributed by atoms with Crippen molar-refractivity contribution in [1.29, 1.82) is 0 Å². The van der Waals surface area contributed by atoms with Crippen molar-refractivity contribution in [3.05, 3.63) is 35.9 Å². The molecule has 1 saturated carbocycles. The lowest BCUT2D eigenvalue weighted by atomic mass is 10.0. The van der Waals surface area contributed by atoms with Gasteiger partial charge in [0.05, 0.1) is 0 Å². The minimum absolute atomic E-state index is 0.420. The van der Waals surface area contributed by atoms with Gasteiger partial charge in [-0.25, -0.2) is 0 Å². The van der Waals surface area contributed by atoms with Crippen LogP contribution in [0.15, 0.2) is 30.3 Å². The topological polar surface area (TPSA) is 38.0 Å². The van der Waals surface area contributed by atoms with Crippen molar-refractivity contribution in [1.82, 2.24) is 5.43 Å². The van der Waals surface area contributed by atoms with Crippen LogP contribution in [0.2, 0.25) is 0 Å². The van der Waals surface area contributed by atoms with Gasteiger partial charge >= 0.3 is 0 Å². The Balaban J connectivity index is 1.89. The minimum atomic E-state index is 0.420. The van der Waals surface area contributed by atoms with Crippen molar-refractivity contribution in [3.8, 4) is 0 Å². The highest BCUT2D eigenvalue weighted by Gasteiger charge is 2.42. The van der Waals surface area contributed by atoms with Crippen molar-refractivity contribution in [2.75, 3.05) is 5.88 Å². The first-order valence-corrected chi connectivity index (χ1v) is 6.47. The van der Waals surface area contributed by atoms with Gasteiger partial charge < -0.3 is 0 Å². The molecule has 2 rings (SSSR count). The van der Waals surface area contributed by atoms with Gasteiger partial charge in [-0.3, -0.25) is 11.3 Å². The summed E-state index contributed by atoms with van der Waals surface area (Å²) < 4.78 is 0. The fraction of sp³-hybridized carbons (Fsp3) is 0.538. The summed E-state index contributed by atoms with van der Waals surface area (Å²) in [6.45, 7) is 0. The number of nitrogens with two attached hydrogens (primary N) is 1. The van der Waals surface area contributed by atoms with Gasteiger partial charge in [-0.05, 0) is 36.7 Å². The first-order valence-electron chi connectivity index (χ1n) is 5.94. The molecule has 0 saturated heterocycles. The number of alkyl halides is 1. The van der Waals surface area contributed by atoms with Gasteiger partial charge in [-0.1, -0.05) is 30.3 Å². The van der Waals surface area contributed by atoms with Gasteiger partial charge in [0.25, 0.3) is 0 Å². The SMILES string of the molecule is NNC(CCCCl)C1CC1c1ccccc1. The zero-order valence-corrected chi connectivity index (χ0v) is 10.2. The molecule has 1 aliphatic rings. The maximum absolute atomic E-state index is 5.71. The molecule has 0 amide bonds. The van der Waals surface area contributed by atoms with E-state index in [-0.39, 0.29) is 0 Å². The van der Waals surface area contributed by atoms with Crippen molar-refractivity contribution in [3.63, 3.8) is 0 Å². The zero-order valence-electron chi connectivity index (χ0n) is 9.40. The lowest BCUT2D eigenvalue weighted by molar-refractivity contribution is 0.435. The number of halogens is 1. The van der Waals surface area contributed by atoms with E-state index in [9.17, 15) is 0 Å². The van der Waals surface area contributed by atoms with Gasteiger partial charge in [-0.2, -0.15) is 0 Å². The van der Waals surface area contributed by atoms with E-state index in [1.165, 1.54) is 12.0 Å². The smallest absolute Gasteiger partial charge is 0.0245 e. The van der Waals surface area contributed by atoms with Gasteiger partial charge in [0.15, 0.2) is 0 Å². The average Bonchev–Trinajstić information content (AvgIpc) is 3.12. The van der Waals surface area contributed by atoms with Crippen LogP contribution in [0.25, 0.3) is 0 Å². The molecule has 88 valence electrons. The Bertz CT molecular complexity index is 315. The summed E-state index contributed by atoms with van der Waals surface area (Å²) in [6.07, 6.45) is 3.36. The van der Waals surface area contributed by atoms with Crippen molar-refractivity contribution in [2.24, 2.45) is 11.8 Å². The fourth-order valence-electron chi connectivity index (χ4n) is 2.46. The van der Waals surface area contributed by atoms with Crippen molar-refractivity contribution in [2.45, 2.75) is 31.2 Å². The van der Waals surface area contributed by atoms with E-state index < -0.39 is 0 Å². The highest BCUT2D eigenvalue weighted by molar-refractivity contribution is 6.17. The Morgan fingerprint density at radius 3 is 2.75 bits per heavy atom. The van der Waals surface area contributed by atoms with Crippen LogP contribution in [0.4, 0.5) is 0 Å². The van der Waals surface area contributed by atoms with Crippen LogP contribution < -0.4 is 11.3 Å². The Labute approximate surface area is 102 Å². The van der Waals surface area contributed by atoms with Crippen LogP contribution in [-0.2, 0) is 0 Å². The molecule has 1 aromatic rings. The Morgan fingerprint density at radius 2 is 2.12 bits per heavy atom. The van der Waals surface area contributed by atoms with Crippen molar-refractivity contribution >= 4 is 11.6 Å². The van der Waals surface area contributed by atoms with Gasteiger partial charge in [-0.15, -0.1) is 11.6 Å². The molecule has 0 heterocycles. The first kappa shape index (κ1) is 11.9. The second kappa shape index (κ2) is 5.67. The molecule has 3 unspecified atom stereocenters. The third-order valence-electron chi connectivity index (χ3n) is 3.45. The highest BCUT2D eigenvalue weighted by atomic mass is 35.5. The molecular weight excluding hydrogens is 220 g/mol. The first-order chi connectivity index (χ1) is 7.86. The molecule has 0 aromatic heterocycles. The molecular formula is C13H19ClN2. The monoisotopic (exact) mass is 238 g/mol. The van der Waals surface area contributed by atoms with Gasteiger partial charge in [0.2, 0.25) is 0 Å². The molecule has 2 nitrogen and oxygen atoms in total. The number of rotatable bonds is 6. The maximum Gasteiger partial charge on any atom is 0.0245 e. The molecule has 0 bridgehead atoms. The molecule has 1 aromatic carbocycles. The Morgan fingerprint density at radius 1 is 1.38 bits per heavy atom. The van der Waals surface area contributed by atoms with E-state index in [1.54, 1.807) is 0 Å². The average molecular weight is 239 g/mol. The molecule has 1 aliphatic carbocycles. The second-order valence-corrected chi connectivity index (χ2v) is 4.90. The largest absolute Gasteiger partial charge is 0.271 e. The third kappa shape index (κ3) is 2.76. The second-order valence-electron chi connectivity index (χ2n) is 4.52. The summed E-state index contributed by atoms with van der Waals surface area (Å²) in [4.78, 5) is 0. The van der Waals surface area contributed by atoms with E-state index in [0.717, 1.165) is 18.7 Å². The summed E-state index contributed by atoms with van der Waals surface area (Å²) in [5.74, 6) is 7.71. The number of hydrogen-bond donors (Lipinski definition) is 2. The van der Waals surface area contributed by atoms with Gasteiger partial charge in [0.1, 0.15) is 0 Å². The molecule has 0 spiro atoms. The van der Waals surface area contributed by atoms with Gasteiger partial charge in [0, 0.05) is 11.9 Å². The molecule has 0 aliphatic heterocycles. The number of hydrogen-bond acceptors (Lipinski definition) is 2. The van der Waals surface area contributed by atoms with E-state index in [0.29, 0.717) is 17.9 Å². The number of benzene rings is 1. The molecule has 16 heavy (non-hydrogen) atoms. The fourth-order valence-corrected chi connectivity index (χ4v) is 2.62. The van der Waals surface area contributed by atoms with Crippen molar-refractivity contribution < 1.29 is 0 Å². The predicted octanol–water partition coefficient (Wildman–Crippen LogP) is 2.64. The summed E-state index contributed by atoms with van der Waals surface area (Å²) in [7, 11) is 0. The number of hydrazine groups is 1. The molecule has 3 heteroatoms. The molecule has 3 N–H and O–H groups in total. The normalized spacial score (nSPS) is 25.4. The minimum Gasteiger partial charge on any atom is -0.271 e. The van der Waals surface area contributed by atoms with E-state index >= 15 is 0 Å². The van der Waals surface area contributed by atoms with E-state index in [4.69, 9.17) is 17.4 Å². The molecule has 1 fully saturated rings. The Kier molecular flexibility index (Phi) is 4.22. The van der Waals surface area contributed by atoms with E-state index in [2.05, 4.69) is 35.8 Å². The number of nitrogens with one attached hydrogen (secondary N) is 1. The lowest BCUT2D eigenvalue weighted by Gasteiger charge is -2.15. The Hall–Kier alpha value is -0.570. The van der Waals surface area contributed by atoms with Crippen LogP contribution in [0.5, 0.6) is 0 Å². The van der Waals surface area contributed by atoms with Crippen LogP contribution >= 0.6 is 11.6 Å². The predicted molar refractivity (Wildman–Crippen MR) is 68.4 cm³/mol.